The van der Waals surface area contributed by atoms with Crippen LogP contribution in [0, 0.1) is 0 Å². The molecule has 0 aromatic rings. The van der Waals surface area contributed by atoms with Crippen molar-refractivity contribution in [3.63, 3.8) is 0 Å². The third-order valence-electron chi connectivity index (χ3n) is 3.62. The molecular weight excluding hydrogens is 288 g/mol. The summed E-state index contributed by atoms with van der Waals surface area (Å²) in [6.07, 6.45) is 0.576. The first kappa shape index (κ1) is 15.0. The van der Waals surface area contributed by atoms with Gasteiger partial charge in [-0.2, -0.15) is 0 Å². The van der Waals surface area contributed by atoms with Crippen molar-refractivity contribution in [3.05, 3.63) is 0 Å². The van der Waals surface area contributed by atoms with Gasteiger partial charge < -0.3 is 20.1 Å². The summed E-state index contributed by atoms with van der Waals surface area (Å²) >= 11 is 0. The maximum atomic E-state index is 12.1. The number of amides is 2. The molecule has 0 aromatic carbocycles. The summed E-state index contributed by atoms with van der Waals surface area (Å²) in [5, 5.41) is 11.7. The number of carbonyl (C=O) groups is 2. The summed E-state index contributed by atoms with van der Waals surface area (Å²) in [6.45, 7) is 0.605. The second kappa shape index (κ2) is 5.57. The molecule has 0 radical (unpaired) electrons. The van der Waals surface area contributed by atoms with E-state index in [0.717, 1.165) is 0 Å². The van der Waals surface area contributed by atoms with Gasteiger partial charge in [0.2, 0.25) is 0 Å². The first-order chi connectivity index (χ1) is 9.35. The second-order valence-electron chi connectivity index (χ2n) is 5.11. The van der Waals surface area contributed by atoms with Crippen molar-refractivity contribution in [3.8, 4) is 0 Å². The van der Waals surface area contributed by atoms with E-state index in [9.17, 15) is 23.1 Å². The van der Waals surface area contributed by atoms with Gasteiger partial charge in [0.05, 0.1) is 18.1 Å². The number of hydrogen-bond acceptors (Lipinski definition) is 5. The van der Waals surface area contributed by atoms with Gasteiger partial charge in [0.25, 0.3) is 0 Å². The summed E-state index contributed by atoms with van der Waals surface area (Å²) in [7, 11) is -3.11. The molecule has 114 valence electrons. The largest absolute Gasteiger partial charge is 0.479 e. The maximum Gasteiger partial charge on any atom is 0.332 e. The predicted octanol–water partition coefficient (Wildman–Crippen LogP) is -0.940. The van der Waals surface area contributed by atoms with Crippen LogP contribution in [0.25, 0.3) is 0 Å². The summed E-state index contributed by atoms with van der Waals surface area (Å²) in [4.78, 5) is 24.8. The maximum absolute atomic E-state index is 12.1. The van der Waals surface area contributed by atoms with Gasteiger partial charge in [0.1, 0.15) is 0 Å². The van der Waals surface area contributed by atoms with Crippen molar-refractivity contribution in [1.29, 1.82) is 0 Å². The van der Waals surface area contributed by atoms with Gasteiger partial charge in [-0.25, -0.2) is 18.0 Å². The number of nitrogens with zero attached hydrogens (tertiary/aromatic N) is 1. The molecule has 2 rings (SSSR count). The topological polar surface area (TPSA) is 113 Å². The Bertz CT molecular complexity index is 497. The van der Waals surface area contributed by atoms with E-state index in [-0.39, 0.29) is 37.7 Å². The molecule has 0 spiro atoms. The molecule has 1 unspecified atom stereocenters. The summed E-state index contributed by atoms with van der Waals surface area (Å²) in [5.41, 5.74) is -1.40. The number of carboxylic acids is 1. The average molecular weight is 306 g/mol. The third-order valence-corrected chi connectivity index (χ3v) is 5.34. The Morgan fingerprint density at radius 2 is 2.00 bits per heavy atom. The van der Waals surface area contributed by atoms with Crippen molar-refractivity contribution in [1.82, 2.24) is 10.2 Å². The van der Waals surface area contributed by atoms with Crippen LogP contribution in [0.4, 0.5) is 4.79 Å². The van der Waals surface area contributed by atoms with Crippen LogP contribution in [0.3, 0.4) is 0 Å². The van der Waals surface area contributed by atoms with Crippen LogP contribution in [0.2, 0.25) is 0 Å². The highest BCUT2D eigenvalue weighted by molar-refractivity contribution is 7.91. The van der Waals surface area contributed by atoms with E-state index in [1.54, 1.807) is 0 Å². The summed E-state index contributed by atoms with van der Waals surface area (Å²) in [5.74, 6) is -1.16. The lowest BCUT2D eigenvalue weighted by atomic mass is 9.99. The Kier molecular flexibility index (Phi) is 4.19. The number of hydrogen-bond donors (Lipinski definition) is 2. The van der Waals surface area contributed by atoms with E-state index in [0.29, 0.717) is 13.0 Å². The van der Waals surface area contributed by atoms with Crippen molar-refractivity contribution in [2.24, 2.45) is 0 Å². The van der Waals surface area contributed by atoms with Crippen molar-refractivity contribution in [2.75, 3.05) is 37.8 Å². The van der Waals surface area contributed by atoms with Crippen molar-refractivity contribution in [2.45, 2.75) is 18.4 Å². The minimum atomic E-state index is -3.11. The molecule has 2 aliphatic rings. The lowest BCUT2D eigenvalue weighted by Gasteiger charge is -2.28. The quantitative estimate of drug-likeness (QED) is 0.681. The minimum Gasteiger partial charge on any atom is -0.479 e. The molecular formula is C11H18N2O6S. The third kappa shape index (κ3) is 3.21. The Hall–Kier alpha value is -1.35. The smallest absolute Gasteiger partial charge is 0.332 e. The Labute approximate surface area is 117 Å². The lowest BCUT2D eigenvalue weighted by molar-refractivity contribution is -0.144. The highest BCUT2D eigenvalue weighted by atomic mass is 32.2. The molecule has 2 aliphatic heterocycles. The molecule has 2 saturated heterocycles. The number of rotatable bonds is 2. The zero-order valence-electron chi connectivity index (χ0n) is 11.0. The van der Waals surface area contributed by atoms with Gasteiger partial charge in [-0.15, -0.1) is 0 Å². The summed E-state index contributed by atoms with van der Waals surface area (Å²) < 4.78 is 28.0. The fourth-order valence-electron chi connectivity index (χ4n) is 2.31. The Morgan fingerprint density at radius 1 is 1.25 bits per heavy atom. The normalized spacial score (nSPS) is 29.7. The zero-order valence-corrected chi connectivity index (χ0v) is 11.8. The van der Waals surface area contributed by atoms with Crippen LogP contribution < -0.4 is 5.32 Å². The lowest BCUT2D eigenvalue weighted by Crippen LogP contribution is -2.58. The van der Waals surface area contributed by atoms with E-state index in [4.69, 9.17) is 4.74 Å². The first-order valence-electron chi connectivity index (χ1n) is 6.43. The molecule has 2 heterocycles. The first-order valence-corrected chi connectivity index (χ1v) is 8.25. The van der Waals surface area contributed by atoms with Crippen molar-refractivity contribution < 1.29 is 27.9 Å². The molecule has 1 atom stereocenters. The van der Waals surface area contributed by atoms with Crippen LogP contribution in [0.1, 0.15) is 12.8 Å². The van der Waals surface area contributed by atoms with Gasteiger partial charge in [-0.1, -0.05) is 0 Å². The summed E-state index contributed by atoms with van der Waals surface area (Å²) in [6, 6.07) is -0.546. The molecule has 2 amide bonds. The zero-order chi connectivity index (χ0) is 14.8. The van der Waals surface area contributed by atoms with Crippen LogP contribution in [-0.2, 0) is 19.4 Å². The van der Waals surface area contributed by atoms with Gasteiger partial charge in [0, 0.05) is 26.1 Å². The van der Waals surface area contributed by atoms with E-state index in [1.165, 1.54) is 4.90 Å². The van der Waals surface area contributed by atoms with Gasteiger partial charge >= 0.3 is 12.0 Å². The molecule has 0 aliphatic carbocycles. The Balaban J connectivity index is 2.02. The number of aliphatic carboxylic acids is 1. The standard InChI is InChI=1S/C11H18N2O6S/c14-9(15)11(2-5-19-8-11)12-10(16)13-3-1-6-20(17,18)7-4-13/h1-8H2,(H,12,16)(H,14,15). The van der Waals surface area contributed by atoms with Crippen LogP contribution in [-0.4, -0.2) is 73.8 Å². The number of urea groups is 1. The molecule has 2 N–H and O–H groups in total. The Morgan fingerprint density at radius 3 is 2.60 bits per heavy atom. The minimum absolute atomic E-state index is 0.0595. The number of ether oxygens (including phenoxy) is 1. The van der Waals surface area contributed by atoms with Gasteiger partial charge in [-0.3, -0.25) is 0 Å². The number of carboxylic acid groups (broad SMARTS) is 1. The number of carbonyl (C=O) groups excluding carboxylic acids is 1. The number of nitrogens with one attached hydrogen (secondary N) is 1. The van der Waals surface area contributed by atoms with E-state index >= 15 is 0 Å². The monoisotopic (exact) mass is 306 g/mol. The van der Waals surface area contributed by atoms with Gasteiger partial charge in [-0.05, 0) is 6.42 Å². The van der Waals surface area contributed by atoms with Crippen molar-refractivity contribution >= 4 is 21.8 Å². The fourth-order valence-corrected chi connectivity index (χ4v) is 3.58. The SMILES string of the molecule is O=C(NC1(C(=O)O)CCOC1)N1CCCS(=O)(=O)CC1. The van der Waals surface area contributed by atoms with E-state index in [1.807, 2.05) is 0 Å². The molecule has 0 aromatic heterocycles. The van der Waals surface area contributed by atoms with E-state index < -0.39 is 27.4 Å². The van der Waals surface area contributed by atoms with E-state index in [2.05, 4.69) is 5.32 Å². The molecule has 0 saturated carbocycles. The van der Waals surface area contributed by atoms with Crippen LogP contribution in [0.5, 0.6) is 0 Å². The molecule has 2 fully saturated rings. The van der Waals surface area contributed by atoms with Crippen LogP contribution in [0.15, 0.2) is 0 Å². The number of sulfone groups is 1. The molecule has 8 nitrogen and oxygen atoms in total. The second-order valence-corrected chi connectivity index (χ2v) is 7.42. The molecule has 9 heteroatoms. The average Bonchev–Trinajstić information content (AvgIpc) is 2.75. The highest BCUT2D eigenvalue weighted by Gasteiger charge is 2.44. The molecule has 0 bridgehead atoms. The predicted molar refractivity (Wildman–Crippen MR) is 69.2 cm³/mol. The van der Waals surface area contributed by atoms with Gasteiger partial charge in [0.15, 0.2) is 15.4 Å². The fraction of sp³-hybridized carbons (Fsp3) is 0.818. The molecule has 20 heavy (non-hydrogen) atoms. The van der Waals surface area contributed by atoms with Crippen LogP contribution >= 0.6 is 0 Å². The highest BCUT2D eigenvalue weighted by Crippen LogP contribution is 2.19.